The summed E-state index contributed by atoms with van der Waals surface area (Å²) in [4.78, 5) is 18.8. The average Bonchev–Trinajstić information content (AvgIpc) is 3.24. The predicted molar refractivity (Wildman–Crippen MR) is 122 cm³/mol. The van der Waals surface area contributed by atoms with Gasteiger partial charge in [-0.25, -0.2) is 4.98 Å². The van der Waals surface area contributed by atoms with Crippen molar-refractivity contribution in [2.75, 3.05) is 24.6 Å². The molecule has 2 aromatic heterocycles. The molecule has 1 N–H and O–H groups in total. The number of benzene rings is 1. The Morgan fingerprint density at radius 3 is 2.50 bits per heavy atom. The fraction of sp³-hybridized carbons (Fsp3) is 0.318. The standard InChI is InChI=1S/C22H20Cl2F3N5O2/c23-15-4-1-2-6-17(15)32-20(12-18(30-32)22(25,26)27)34-13-19(33)29-14-7-10-31(11-8-14)21-16(24)5-3-9-28-21/h1-6,9,12,14H,7-8,10-11,13H2,(H,29,33). The number of piperidine rings is 1. The SMILES string of the molecule is O=C(COc1cc(C(F)(F)F)nn1-c1ccccc1Cl)NC1CCN(c2ncccc2Cl)CC1. The number of para-hydroxylation sites is 1. The third kappa shape index (κ3) is 5.56. The van der Waals surface area contributed by atoms with E-state index >= 15 is 0 Å². The molecule has 0 bridgehead atoms. The van der Waals surface area contributed by atoms with E-state index in [2.05, 4.69) is 15.4 Å². The predicted octanol–water partition coefficient (Wildman–Crippen LogP) is 4.76. The highest BCUT2D eigenvalue weighted by Crippen LogP contribution is 2.33. The van der Waals surface area contributed by atoms with Crippen molar-refractivity contribution in [1.29, 1.82) is 0 Å². The Morgan fingerprint density at radius 2 is 1.82 bits per heavy atom. The van der Waals surface area contributed by atoms with Gasteiger partial charge in [0.15, 0.2) is 12.3 Å². The summed E-state index contributed by atoms with van der Waals surface area (Å²) in [5, 5.41) is 7.19. The maximum absolute atomic E-state index is 13.2. The lowest BCUT2D eigenvalue weighted by Gasteiger charge is -2.33. The number of anilines is 1. The number of carbonyl (C=O) groups is 1. The van der Waals surface area contributed by atoms with Crippen LogP contribution in [0, 0.1) is 0 Å². The van der Waals surface area contributed by atoms with Crippen LogP contribution >= 0.6 is 23.2 Å². The van der Waals surface area contributed by atoms with Gasteiger partial charge < -0.3 is 15.0 Å². The van der Waals surface area contributed by atoms with Gasteiger partial charge >= 0.3 is 6.18 Å². The molecule has 1 saturated heterocycles. The average molecular weight is 514 g/mol. The van der Waals surface area contributed by atoms with E-state index < -0.39 is 24.4 Å². The van der Waals surface area contributed by atoms with Crippen LogP contribution in [0.3, 0.4) is 0 Å². The second-order valence-corrected chi connectivity index (χ2v) is 8.47. The molecule has 4 rings (SSSR count). The molecule has 3 aromatic rings. The lowest BCUT2D eigenvalue weighted by atomic mass is 10.1. The van der Waals surface area contributed by atoms with Gasteiger partial charge in [-0.05, 0) is 37.1 Å². The quantitative estimate of drug-likeness (QED) is 0.514. The van der Waals surface area contributed by atoms with Gasteiger partial charge in [-0.2, -0.15) is 23.0 Å². The van der Waals surface area contributed by atoms with Crippen LogP contribution in [0.25, 0.3) is 5.69 Å². The summed E-state index contributed by atoms with van der Waals surface area (Å²) in [5.41, 5.74) is -0.945. The molecule has 1 aliphatic rings. The number of hydrogen-bond acceptors (Lipinski definition) is 5. The first-order chi connectivity index (χ1) is 16.2. The fourth-order valence-electron chi connectivity index (χ4n) is 3.66. The number of hydrogen-bond donors (Lipinski definition) is 1. The zero-order valence-electron chi connectivity index (χ0n) is 17.7. The number of ether oxygens (including phenoxy) is 1. The number of halogens is 5. The summed E-state index contributed by atoms with van der Waals surface area (Å²) in [7, 11) is 0. The fourth-order valence-corrected chi connectivity index (χ4v) is 4.11. The number of carbonyl (C=O) groups excluding carboxylic acids is 1. The normalized spacial score (nSPS) is 14.8. The minimum absolute atomic E-state index is 0.103. The largest absolute Gasteiger partial charge is 0.467 e. The number of alkyl halides is 3. The highest BCUT2D eigenvalue weighted by Gasteiger charge is 2.36. The summed E-state index contributed by atoms with van der Waals surface area (Å²) < 4.78 is 46.0. The molecule has 12 heteroatoms. The zero-order chi connectivity index (χ0) is 24.3. The number of nitrogens with one attached hydrogen (secondary N) is 1. The monoisotopic (exact) mass is 513 g/mol. The van der Waals surface area contributed by atoms with Crippen LogP contribution in [-0.2, 0) is 11.0 Å². The summed E-state index contributed by atoms with van der Waals surface area (Å²) in [6.07, 6.45) is -1.69. The molecule has 34 heavy (non-hydrogen) atoms. The first-order valence-corrected chi connectivity index (χ1v) is 11.2. The van der Waals surface area contributed by atoms with Crippen molar-refractivity contribution < 1.29 is 22.7 Å². The van der Waals surface area contributed by atoms with Crippen molar-refractivity contribution >= 4 is 34.9 Å². The number of amides is 1. The minimum Gasteiger partial charge on any atom is -0.467 e. The van der Waals surface area contributed by atoms with E-state index in [4.69, 9.17) is 27.9 Å². The molecule has 0 atom stereocenters. The molecule has 180 valence electrons. The van der Waals surface area contributed by atoms with Gasteiger partial charge in [0, 0.05) is 31.4 Å². The summed E-state index contributed by atoms with van der Waals surface area (Å²) in [5.74, 6) is 0.00977. The Kier molecular flexibility index (Phi) is 7.18. The molecule has 3 heterocycles. The number of aromatic nitrogens is 3. The molecule has 1 aliphatic heterocycles. The highest BCUT2D eigenvalue weighted by atomic mass is 35.5. The van der Waals surface area contributed by atoms with Gasteiger partial charge in [0.1, 0.15) is 5.82 Å². The van der Waals surface area contributed by atoms with Gasteiger partial charge in [0.05, 0.1) is 15.7 Å². The lowest BCUT2D eigenvalue weighted by Crippen LogP contribution is -2.46. The van der Waals surface area contributed by atoms with E-state index in [9.17, 15) is 18.0 Å². The van der Waals surface area contributed by atoms with Gasteiger partial charge in [-0.1, -0.05) is 35.3 Å². The van der Waals surface area contributed by atoms with Crippen LogP contribution in [0.15, 0.2) is 48.7 Å². The van der Waals surface area contributed by atoms with Crippen molar-refractivity contribution in [1.82, 2.24) is 20.1 Å². The van der Waals surface area contributed by atoms with Gasteiger partial charge in [0.25, 0.3) is 5.91 Å². The Morgan fingerprint density at radius 1 is 1.12 bits per heavy atom. The maximum Gasteiger partial charge on any atom is 0.435 e. The Bertz CT molecular complexity index is 1160. The Labute approximate surface area is 203 Å². The molecular weight excluding hydrogens is 494 g/mol. The van der Waals surface area contributed by atoms with Crippen molar-refractivity contribution in [2.24, 2.45) is 0 Å². The van der Waals surface area contributed by atoms with E-state index in [1.807, 2.05) is 4.90 Å². The van der Waals surface area contributed by atoms with Crippen LogP contribution in [0.4, 0.5) is 19.0 Å². The third-order valence-corrected chi connectivity index (χ3v) is 5.91. The van der Waals surface area contributed by atoms with Gasteiger partial charge in [0.2, 0.25) is 5.88 Å². The molecule has 1 fully saturated rings. The van der Waals surface area contributed by atoms with Crippen molar-refractivity contribution in [3.63, 3.8) is 0 Å². The topological polar surface area (TPSA) is 72.3 Å². The van der Waals surface area contributed by atoms with E-state index in [0.29, 0.717) is 36.8 Å². The van der Waals surface area contributed by atoms with Gasteiger partial charge in [-0.3, -0.25) is 4.79 Å². The van der Waals surface area contributed by atoms with E-state index in [0.717, 1.165) is 10.7 Å². The van der Waals surface area contributed by atoms with Crippen LogP contribution in [0.5, 0.6) is 5.88 Å². The molecule has 0 radical (unpaired) electrons. The molecular formula is C22H20Cl2F3N5O2. The minimum atomic E-state index is -4.68. The van der Waals surface area contributed by atoms with Crippen molar-refractivity contribution in [3.05, 3.63) is 64.4 Å². The maximum atomic E-state index is 13.2. The number of nitrogens with zero attached hydrogens (tertiary/aromatic N) is 4. The van der Waals surface area contributed by atoms with E-state index in [1.54, 1.807) is 30.5 Å². The van der Waals surface area contributed by atoms with Crippen molar-refractivity contribution in [3.8, 4) is 11.6 Å². The van der Waals surface area contributed by atoms with Crippen LogP contribution in [0.1, 0.15) is 18.5 Å². The van der Waals surface area contributed by atoms with Crippen LogP contribution < -0.4 is 15.0 Å². The molecule has 0 spiro atoms. The number of pyridine rings is 1. The molecule has 0 unspecified atom stereocenters. The summed E-state index contributed by atoms with van der Waals surface area (Å²) in [6, 6.07) is 10.4. The molecule has 0 saturated carbocycles. The molecule has 7 nitrogen and oxygen atoms in total. The third-order valence-electron chi connectivity index (χ3n) is 5.30. The Hall–Kier alpha value is -2.98. The van der Waals surface area contributed by atoms with Crippen LogP contribution in [-0.4, -0.2) is 46.4 Å². The summed E-state index contributed by atoms with van der Waals surface area (Å²) in [6.45, 7) is 0.827. The first-order valence-electron chi connectivity index (χ1n) is 10.4. The highest BCUT2D eigenvalue weighted by molar-refractivity contribution is 6.33. The summed E-state index contributed by atoms with van der Waals surface area (Å²) >= 11 is 12.3. The van der Waals surface area contributed by atoms with Gasteiger partial charge in [-0.15, -0.1) is 0 Å². The molecule has 0 aliphatic carbocycles. The van der Waals surface area contributed by atoms with E-state index in [1.165, 1.54) is 12.1 Å². The van der Waals surface area contributed by atoms with E-state index in [-0.39, 0.29) is 22.6 Å². The number of rotatable bonds is 6. The molecule has 1 amide bonds. The van der Waals surface area contributed by atoms with Crippen molar-refractivity contribution in [2.45, 2.75) is 25.1 Å². The zero-order valence-corrected chi connectivity index (χ0v) is 19.2. The second kappa shape index (κ2) is 10.1. The van der Waals surface area contributed by atoms with Crippen LogP contribution in [0.2, 0.25) is 10.0 Å². The smallest absolute Gasteiger partial charge is 0.435 e. The Balaban J connectivity index is 1.37. The lowest BCUT2D eigenvalue weighted by molar-refractivity contribution is -0.141. The second-order valence-electron chi connectivity index (χ2n) is 7.66. The molecule has 1 aromatic carbocycles. The first kappa shape index (κ1) is 24.2.